The van der Waals surface area contributed by atoms with E-state index < -0.39 is 0 Å². The van der Waals surface area contributed by atoms with Crippen molar-refractivity contribution in [1.29, 1.82) is 0 Å². The van der Waals surface area contributed by atoms with Crippen LogP contribution < -0.4 is 16.1 Å². The third-order valence-corrected chi connectivity index (χ3v) is 5.03. The maximum Gasteiger partial charge on any atom is 0.347 e. The van der Waals surface area contributed by atoms with Crippen molar-refractivity contribution in [3.8, 4) is 5.75 Å². The highest BCUT2D eigenvalue weighted by molar-refractivity contribution is 5.50. The summed E-state index contributed by atoms with van der Waals surface area (Å²) in [5.41, 5.74) is 0.252. The molecule has 0 spiro atoms. The number of benzene rings is 1. The van der Waals surface area contributed by atoms with Crippen LogP contribution in [0.2, 0.25) is 0 Å². The van der Waals surface area contributed by atoms with E-state index in [4.69, 9.17) is 0 Å². The van der Waals surface area contributed by atoms with Gasteiger partial charge in [0.1, 0.15) is 11.9 Å². The monoisotopic (exact) mass is 359 g/mol. The van der Waals surface area contributed by atoms with Crippen LogP contribution in [-0.4, -0.2) is 56.6 Å². The molecule has 1 aromatic heterocycles. The van der Waals surface area contributed by atoms with Crippen LogP contribution in [-0.2, 0) is 13.6 Å². The molecule has 0 bridgehead atoms. The summed E-state index contributed by atoms with van der Waals surface area (Å²) in [5, 5.41) is 13.7. The topological polar surface area (TPSA) is 83.6 Å². The van der Waals surface area contributed by atoms with Gasteiger partial charge in [-0.3, -0.25) is 14.3 Å². The highest BCUT2D eigenvalue weighted by Crippen LogP contribution is 2.22. The van der Waals surface area contributed by atoms with Gasteiger partial charge < -0.3 is 10.0 Å². The van der Waals surface area contributed by atoms with Crippen LogP contribution in [0, 0.1) is 0 Å². The van der Waals surface area contributed by atoms with Crippen molar-refractivity contribution in [2.75, 3.05) is 31.1 Å². The fourth-order valence-electron chi connectivity index (χ4n) is 3.39. The first-order chi connectivity index (χ1) is 12.5. The Kier molecular flexibility index (Phi) is 5.41. The zero-order valence-electron chi connectivity index (χ0n) is 15.2. The molecule has 26 heavy (non-hydrogen) atoms. The van der Waals surface area contributed by atoms with Gasteiger partial charge in [-0.15, -0.1) is 0 Å². The number of nitrogens with zero attached hydrogens (tertiary/aromatic N) is 5. The second-order valence-electron chi connectivity index (χ2n) is 6.61. The second kappa shape index (κ2) is 7.74. The van der Waals surface area contributed by atoms with Gasteiger partial charge >= 0.3 is 5.69 Å². The molecule has 1 N–H and O–H groups in total. The van der Waals surface area contributed by atoms with E-state index >= 15 is 0 Å². The molecular formula is C18H25N5O3. The van der Waals surface area contributed by atoms with Crippen molar-refractivity contribution in [1.82, 2.24) is 19.2 Å². The standard InChI is InChI=1S/C18H25N5O3/c1-3-14(13-23-18(26)20(2)17(25)12-19-23)21-7-9-22(10-8-21)15-5-4-6-16(24)11-15/h4-6,11-12,14,24H,3,7-10,13H2,1-2H3. The molecule has 1 unspecified atom stereocenters. The van der Waals surface area contributed by atoms with E-state index in [1.54, 1.807) is 12.1 Å². The molecule has 2 heterocycles. The minimum Gasteiger partial charge on any atom is -0.508 e. The second-order valence-corrected chi connectivity index (χ2v) is 6.61. The maximum atomic E-state index is 12.2. The Morgan fingerprint density at radius 2 is 1.92 bits per heavy atom. The van der Waals surface area contributed by atoms with Crippen molar-refractivity contribution in [2.24, 2.45) is 7.05 Å². The first-order valence-corrected chi connectivity index (χ1v) is 8.90. The molecule has 140 valence electrons. The maximum absolute atomic E-state index is 12.2. The summed E-state index contributed by atoms with van der Waals surface area (Å²) in [6, 6.07) is 7.49. The summed E-state index contributed by atoms with van der Waals surface area (Å²) in [6.07, 6.45) is 2.08. The number of aromatic hydroxyl groups is 1. The van der Waals surface area contributed by atoms with Crippen molar-refractivity contribution >= 4 is 5.69 Å². The molecule has 0 aliphatic carbocycles. The number of piperazine rings is 1. The molecular weight excluding hydrogens is 334 g/mol. The summed E-state index contributed by atoms with van der Waals surface area (Å²) in [6.45, 7) is 6.02. The molecule has 1 aliphatic heterocycles. The van der Waals surface area contributed by atoms with Crippen LogP contribution in [0.3, 0.4) is 0 Å². The fourth-order valence-corrected chi connectivity index (χ4v) is 3.39. The Balaban J connectivity index is 1.66. The van der Waals surface area contributed by atoms with Gasteiger partial charge in [-0.1, -0.05) is 13.0 Å². The third kappa shape index (κ3) is 3.80. The van der Waals surface area contributed by atoms with Gasteiger partial charge in [0.2, 0.25) is 0 Å². The van der Waals surface area contributed by atoms with Crippen molar-refractivity contribution in [2.45, 2.75) is 25.9 Å². The van der Waals surface area contributed by atoms with Gasteiger partial charge in [0, 0.05) is 51.0 Å². The molecule has 2 aromatic rings. The van der Waals surface area contributed by atoms with E-state index in [1.165, 1.54) is 17.9 Å². The zero-order valence-corrected chi connectivity index (χ0v) is 15.2. The molecule has 0 saturated carbocycles. The summed E-state index contributed by atoms with van der Waals surface area (Å²) in [5.74, 6) is 0.275. The fraction of sp³-hybridized carbons (Fsp3) is 0.500. The van der Waals surface area contributed by atoms with Gasteiger partial charge in [0.15, 0.2) is 0 Å². The van der Waals surface area contributed by atoms with Crippen LogP contribution in [0.25, 0.3) is 0 Å². The summed E-state index contributed by atoms with van der Waals surface area (Å²) in [4.78, 5) is 28.3. The number of anilines is 1. The molecule has 1 saturated heterocycles. The predicted octanol–water partition coefficient (Wildman–Crippen LogP) is 0.248. The van der Waals surface area contributed by atoms with Crippen LogP contribution in [0.4, 0.5) is 5.69 Å². The van der Waals surface area contributed by atoms with E-state index in [0.29, 0.717) is 6.54 Å². The Bertz CT molecular complexity index is 868. The average molecular weight is 359 g/mol. The minimum atomic E-state index is -0.390. The Hall–Kier alpha value is -2.61. The Labute approximate surface area is 151 Å². The van der Waals surface area contributed by atoms with Crippen LogP contribution in [0.15, 0.2) is 40.1 Å². The van der Waals surface area contributed by atoms with E-state index in [2.05, 4.69) is 21.8 Å². The van der Waals surface area contributed by atoms with Crippen LogP contribution >= 0.6 is 0 Å². The van der Waals surface area contributed by atoms with Crippen molar-refractivity contribution in [3.63, 3.8) is 0 Å². The molecule has 1 aromatic carbocycles. The largest absolute Gasteiger partial charge is 0.508 e. The first kappa shape index (κ1) is 18.2. The molecule has 1 aliphatic rings. The minimum absolute atomic E-state index is 0.184. The highest BCUT2D eigenvalue weighted by Gasteiger charge is 2.24. The normalized spacial score (nSPS) is 16.6. The molecule has 1 atom stereocenters. The van der Waals surface area contributed by atoms with Gasteiger partial charge in [-0.05, 0) is 18.6 Å². The average Bonchev–Trinajstić information content (AvgIpc) is 2.66. The Morgan fingerprint density at radius 1 is 1.19 bits per heavy atom. The summed E-state index contributed by atoms with van der Waals surface area (Å²) in [7, 11) is 1.47. The number of hydrogen-bond donors (Lipinski definition) is 1. The first-order valence-electron chi connectivity index (χ1n) is 8.90. The number of phenolic OH excluding ortho intramolecular Hbond substituents is 1. The van der Waals surface area contributed by atoms with E-state index in [9.17, 15) is 14.7 Å². The lowest BCUT2D eigenvalue weighted by Gasteiger charge is -2.40. The third-order valence-electron chi connectivity index (χ3n) is 5.03. The zero-order chi connectivity index (χ0) is 18.7. The lowest BCUT2D eigenvalue weighted by molar-refractivity contribution is 0.156. The lowest BCUT2D eigenvalue weighted by Crippen LogP contribution is -2.52. The number of hydrogen-bond acceptors (Lipinski definition) is 6. The number of phenols is 1. The van der Waals surface area contributed by atoms with E-state index in [-0.39, 0.29) is 23.0 Å². The van der Waals surface area contributed by atoms with Crippen molar-refractivity contribution in [3.05, 3.63) is 51.3 Å². The summed E-state index contributed by atoms with van der Waals surface area (Å²) >= 11 is 0. The highest BCUT2D eigenvalue weighted by atomic mass is 16.3. The smallest absolute Gasteiger partial charge is 0.347 e. The summed E-state index contributed by atoms with van der Waals surface area (Å²) < 4.78 is 2.46. The van der Waals surface area contributed by atoms with E-state index in [0.717, 1.165) is 42.9 Å². The SMILES string of the molecule is CCC(Cn1ncc(=O)n(C)c1=O)N1CCN(c2cccc(O)c2)CC1. The quantitative estimate of drug-likeness (QED) is 0.824. The lowest BCUT2D eigenvalue weighted by atomic mass is 10.1. The number of aromatic nitrogens is 3. The molecule has 0 amide bonds. The predicted molar refractivity (Wildman–Crippen MR) is 99.7 cm³/mol. The molecule has 8 nitrogen and oxygen atoms in total. The molecule has 1 fully saturated rings. The van der Waals surface area contributed by atoms with Crippen LogP contribution in [0.5, 0.6) is 5.75 Å². The van der Waals surface area contributed by atoms with Crippen molar-refractivity contribution < 1.29 is 5.11 Å². The van der Waals surface area contributed by atoms with Gasteiger partial charge in [0.05, 0.1) is 6.54 Å². The molecule has 8 heteroatoms. The molecule has 0 radical (unpaired) electrons. The van der Waals surface area contributed by atoms with E-state index in [1.807, 2.05) is 12.1 Å². The number of rotatable bonds is 5. The van der Waals surface area contributed by atoms with Crippen LogP contribution in [0.1, 0.15) is 13.3 Å². The molecule has 3 rings (SSSR count). The van der Waals surface area contributed by atoms with Gasteiger partial charge in [0.25, 0.3) is 5.56 Å². The van der Waals surface area contributed by atoms with Gasteiger partial charge in [-0.25, -0.2) is 9.48 Å². The van der Waals surface area contributed by atoms with Gasteiger partial charge in [-0.2, -0.15) is 5.10 Å². The Morgan fingerprint density at radius 3 is 2.58 bits per heavy atom.